The van der Waals surface area contributed by atoms with Gasteiger partial charge in [-0.15, -0.1) is 11.3 Å². The van der Waals surface area contributed by atoms with Crippen molar-refractivity contribution < 1.29 is 32.6 Å². The SMILES string of the molecule is C[C@@H]1CN(c2ccc(S(=O)(=O)N3CC(=O)N(c4cc(-c5ccccc5)sc4C(=O)O)[C@H](C4CCCCC4)C3)cn2)CCN1C(=O)OC(C)(C)C. The van der Waals surface area contributed by atoms with Gasteiger partial charge in [0.1, 0.15) is 21.2 Å². The first kappa shape index (κ1) is 35.8. The van der Waals surface area contributed by atoms with Crippen molar-refractivity contribution >= 4 is 50.8 Å². The van der Waals surface area contributed by atoms with Crippen LogP contribution in [0.4, 0.5) is 16.3 Å². The summed E-state index contributed by atoms with van der Waals surface area (Å²) in [6.07, 6.45) is 5.63. The molecule has 4 heterocycles. The number of thiophene rings is 1. The third-order valence-corrected chi connectivity index (χ3v) is 12.6. The van der Waals surface area contributed by atoms with Crippen LogP contribution in [0, 0.1) is 5.92 Å². The Bertz CT molecular complexity index is 1820. The molecule has 14 heteroatoms. The molecule has 2 saturated heterocycles. The second kappa shape index (κ2) is 14.3. The number of aromatic nitrogens is 1. The van der Waals surface area contributed by atoms with Crippen molar-refractivity contribution in [2.45, 2.75) is 82.4 Å². The van der Waals surface area contributed by atoms with Gasteiger partial charge in [-0.25, -0.2) is 23.0 Å². The van der Waals surface area contributed by atoms with Gasteiger partial charge in [-0.1, -0.05) is 49.6 Å². The number of benzene rings is 1. The second-order valence-corrected chi connectivity index (χ2v) is 17.3. The van der Waals surface area contributed by atoms with Crippen LogP contribution in [-0.2, 0) is 19.6 Å². The van der Waals surface area contributed by atoms with Crippen LogP contribution in [0.25, 0.3) is 10.4 Å². The molecule has 2 aliphatic heterocycles. The number of carboxylic acids is 1. The van der Waals surface area contributed by atoms with Crippen molar-refractivity contribution in [2.75, 3.05) is 42.5 Å². The minimum atomic E-state index is -4.11. The molecule has 268 valence electrons. The number of ether oxygens (including phenoxy) is 1. The third-order valence-electron chi connectivity index (χ3n) is 9.66. The number of carbonyl (C=O) groups excluding carboxylic acids is 2. The fourth-order valence-corrected chi connectivity index (χ4v) is 9.57. The van der Waals surface area contributed by atoms with Crippen LogP contribution in [0.2, 0.25) is 0 Å². The molecular weight excluding hydrogens is 679 g/mol. The maximum absolute atomic E-state index is 14.1. The summed E-state index contributed by atoms with van der Waals surface area (Å²) < 4.78 is 35.0. The molecular formula is C36H45N5O7S2. The highest BCUT2D eigenvalue weighted by Gasteiger charge is 2.44. The van der Waals surface area contributed by atoms with Crippen LogP contribution in [0.3, 0.4) is 0 Å². The molecule has 1 N–H and O–H groups in total. The molecule has 1 saturated carbocycles. The quantitative estimate of drug-likeness (QED) is 0.314. The fraction of sp³-hybridized carbons (Fsp3) is 0.500. The van der Waals surface area contributed by atoms with Gasteiger partial charge in [0, 0.05) is 43.3 Å². The molecule has 3 fully saturated rings. The van der Waals surface area contributed by atoms with Crippen molar-refractivity contribution in [2.24, 2.45) is 5.92 Å². The van der Waals surface area contributed by atoms with E-state index in [2.05, 4.69) is 4.98 Å². The number of carboxylic acid groups (broad SMARTS) is 1. The fourth-order valence-electron chi connectivity index (χ4n) is 7.22. The van der Waals surface area contributed by atoms with Crippen molar-refractivity contribution in [1.82, 2.24) is 14.2 Å². The Kier molecular flexibility index (Phi) is 10.2. The van der Waals surface area contributed by atoms with Crippen LogP contribution < -0.4 is 9.80 Å². The lowest BCUT2D eigenvalue weighted by atomic mass is 9.82. The number of piperazine rings is 2. The number of hydrogen-bond acceptors (Lipinski definition) is 9. The van der Waals surface area contributed by atoms with Crippen molar-refractivity contribution in [3.63, 3.8) is 0 Å². The minimum Gasteiger partial charge on any atom is -0.477 e. The summed E-state index contributed by atoms with van der Waals surface area (Å²) in [5.41, 5.74) is 0.581. The van der Waals surface area contributed by atoms with Crippen molar-refractivity contribution in [1.29, 1.82) is 0 Å². The van der Waals surface area contributed by atoms with Crippen LogP contribution in [0.1, 0.15) is 69.5 Å². The summed E-state index contributed by atoms with van der Waals surface area (Å²) >= 11 is 1.12. The van der Waals surface area contributed by atoms with E-state index in [1.54, 1.807) is 21.9 Å². The lowest BCUT2D eigenvalue weighted by molar-refractivity contribution is -0.121. The summed E-state index contributed by atoms with van der Waals surface area (Å²) in [5, 5.41) is 10.2. The standard InChI is InChI=1S/C36H45N5O7S2/c1-24-21-38(17-18-40(24)35(45)48-36(2,3)4)31-16-15-27(20-37-31)50(46,47)39-22-29(25-11-7-5-8-12-25)41(32(42)23-39)28-19-30(49-33(28)34(43)44)26-13-9-6-10-14-26/h6,9-10,13-16,19-20,24-25,29H,5,7-8,11-12,17-18,21-23H2,1-4H3,(H,43,44)/t24-,29+/m1/s1. The summed E-state index contributed by atoms with van der Waals surface area (Å²) in [5.74, 6) is -0.955. The van der Waals surface area contributed by atoms with Gasteiger partial charge in [-0.3, -0.25) is 4.79 Å². The predicted octanol–water partition coefficient (Wildman–Crippen LogP) is 5.94. The van der Waals surface area contributed by atoms with E-state index < -0.39 is 40.1 Å². The van der Waals surface area contributed by atoms with E-state index in [0.717, 1.165) is 53.9 Å². The molecule has 0 radical (unpaired) electrons. The number of nitrogens with zero attached hydrogens (tertiary/aromatic N) is 5. The molecule has 2 amide bonds. The number of carbonyl (C=O) groups is 3. The van der Waals surface area contributed by atoms with Gasteiger partial charge < -0.3 is 24.5 Å². The van der Waals surface area contributed by atoms with E-state index in [1.165, 1.54) is 16.6 Å². The molecule has 2 atom stereocenters. The maximum Gasteiger partial charge on any atom is 0.410 e. The number of rotatable bonds is 7. The summed E-state index contributed by atoms with van der Waals surface area (Å²) in [6.45, 7) is 8.53. The van der Waals surface area contributed by atoms with Crippen LogP contribution in [-0.4, -0.2) is 96.1 Å². The summed E-state index contributed by atoms with van der Waals surface area (Å²) in [7, 11) is -4.11. The van der Waals surface area contributed by atoms with Gasteiger partial charge in [-0.2, -0.15) is 4.31 Å². The number of aromatic carboxylic acids is 1. The number of pyridine rings is 1. The zero-order valence-electron chi connectivity index (χ0n) is 28.9. The van der Waals surface area contributed by atoms with Gasteiger partial charge in [0.05, 0.1) is 18.3 Å². The minimum absolute atomic E-state index is 0.0153. The summed E-state index contributed by atoms with van der Waals surface area (Å²) in [6, 6.07) is 13.7. The first-order valence-corrected chi connectivity index (χ1v) is 19.4. The molecule has 0 bridgehead atoms. The van der Waals surface area contributed by atoms with Crippen LogP contribution in [0.15, 0.2) is 59.6 Å². The Morgan fingerprint density at radius 1 is 1.00 bits per heavy atom. The lowest BCUT2D eigenvalue weighted by Crippen LogP contribution is -2.60. The second-order valence-electron chi connectivity index (χ2n) is 14.3. The molecule has 12 nitrogen and oxygen atoms in total. The highest BCUT2D eigenvalue weighted by atomic mass is 32.2. The summed E-state index contributed by atoms with van der Waals surface area (Å²) in [4.78, 5) is 49.8. The van der Waals surface area contributed by atoms with Gasteiger partial charge >= 0.3 is 12.1 Å². The molecule has 3 aromatic rings. The van der Waals surface area contributed by atoms with Crippen LogP contribution >= 0.6 is 11.3 Å². The molecule has 2 aromatic heterocycles. The molecule has 0 spiro atoms. The van der Waals surface area contributed by atoms with E-state index in [4.69, 9.17) is 4.74 Å². The topological polar surface area (TPSA) is 141 Å². The van der Waals surface area contributed by atoms with Gasteiger partial charge in [-0.05, 0) is 70.2 Å². The Morgan fingerprint density at radius 2 is 1.72 bits per heavy atom. The maximum atomic E-state index is 14.1. The Balaban J connectivity index is 1.23. The molecule has 50 heavy (non-hydrogen) atoms. The Morgan fingerprint density at radius 3 is 2.34 bits per heavy atom. The predicted molar refractivity (Wildman–Crippen MR) is 192 cm³/mol. The van der Waals surface area contributed by atoms with Gasteiger partial charge in [0.15, 0.2) is 0 Å². The number of amides is 2. The van der Waals surface area contributed by atoms with Crippen molar-refractivity contribution in [3.8, 4) is 10.4 Å². The Labute approximate surface area is 297 Å². The zero-order valence-corrected chi connectivity index (χ0v) is 30.6. The first-order chi connectivity index (χ1) is 23.7. The number of hydrogen-bond donors (Lipinski definition) is 1. The first-order valence-electron chi connectivity index (χ1n) is 17.2. The largest absolute Gasteiger partial charge is 0.477 e. The van der Waals surface area contributed by atoms with Crippen LogP contribution in [0.5, 0.6) is 0 Å². The van der Waals surface area contributed by atoms with Gasteiger partial charge in [0.2, 0.25) is 15.9 Å². The van der Waals surface area contributed by atoms with E-state index in [0.29, 0.717) is 31.1 Å². The smallest absolute Gasteiger partial charge is 0.410 e. The van der Waals surface area contributed by atoms with E-state index in [1.807, 2.05) is 62.9 Å². The lowest BCUT2D eigenvalue weighted by Gasteiger charge is -2.44. The Hall–Kier alpha value is -4.01. The highest BCUT2D eigenvalue weighted by Crippen LogP contribution is 2.42. The number of sulfonamides is 1. The molecule has 1 aliphatic carbocycles. The molecule has 0 unspecified atom stereocenters. The average Bonchev–Trinajstić information content (AvgIpc) is 3.53. The molecule has 3 aliphatic rings. The van der Waals surface area contributed by atoms with Crippen molar-refractivity contribution in [3.05, 3.63) is 59.6 Å². The number of anilines is 2. The zero-order chi connectivity index (χ0) is 35.8. The normalized spacial score (nSPS) is 21.4. The highest BCUT2D eigenvalue weighted by molar-refractivity contribution is 7.89. The van der Waals surface area contributed by atoms with E-state index >= 15 is 0 Å². The van der Waals surface area contributed by atoms with Gasteiger partial charge in [0.25, 0.3) is 0 Å². The third kappa shape index (κ3) is 7.52. The monoisotopic (exact) mass is 723 g/mol. The van der Waals surface area contributed by atoms with E-state index in [9.17, 15) is 27.9 Å². The molecule has 1 aromatic carbocycles. The average molecular weight is 724 g/mol. The molecule has 6 rings (SSSR count). The van der Waals surface area contributed by atoms with E-state index in [-0.39, 0.29) is 34.4 Å².